The molecule has 0 unspecified atom stereocenters. The predicted octanol–water partition coefficient (Wildman–Crippen LogP) is 4.41. The largest absolute Gasteiger partial charge is 0.476 e. The van der Waals surface area contributed by atoms with Gasteiger partial charge in [-0.1, -0.05) is 42.5 Å². The Hall–Kier alpha value is -3.52. The molecule has 35 heavy (non-hydrogen) atoms. The molecule has 2 heterocycles. The van der Waals surface area contributed by atoms with E-state index in [-0.39, 0.29) is 18.2 Å². The standard InChI is InChI=1S/C27H29N3O4S/c31-27(28-22-13-15-23(16-14-22)29-17-7-2-8-18-29)26-19-30(24-11-5-6-12-25(24)34-26)35(32,33)20-21-9-3-1-4-10-21/h1,3-6,9-16,26H,2,7-8,17-20H2,(H,28,31)/t26-/m0/s1. The highest BCUT2D eigenvalue weighted by Crippen LogP contribution is 2.36. The number of hydrogen-bond donors (Lipinski definition) is 1. The minimum absolute atomic E-state index is 0.0934. The van der Waals surface area contributed by atoms with Gasteiger partial charge in [0.25, 0.3) is 5.91 Å². The van der Waals surface area contributed by atoms with E-state index in [1.54, 1.807) is 36.4 Å². The fourth-order valence-electron chi connectivity index (χ4n) is 4.60. The van der Waals surface area contributed by atoms with Gasteiger partial charge in [0.15, 0.2) is 6.10 Å². The van der Waals surface area contributed by atoms with Crippen LogP contribution in [0.2, 0.25) is 0 Å². The average Bonchev–Trinajstić information content (AvgIpc) is 2.89. The highest BCUT2D eigenvalue weighted by Gasteiger charge is 2.36. The van der Waals surface area contributed by atoms with Gasteiger partial charge in [0.1, 0.15) is 5.75 Å². The Kier molecular flexibility index (Phi) is 6.63. The van der Waals surface area contributed by atoms with Crippen LogP contribution in [0.5, 0.6) is 5.75 Å². The molecule has 1 fully saturated rings. The van der Waals surface area contributed by atoms with E-state index in [9.17, 15) is 13.2 Å². The molecule has 0 spiro atoms. The van der Waals surface area contributed by atoms with E-state index in [1.807, 2.05) is 42.5 Å². The summed E-state index contributed by atoms with van der Waals surface area (Å²) in [7, 11) is -3.74. The van der Waals surface area contributed by atoms with Gasteiger partial charge >= 0.3 is 0 Å². The fraction of sp³-hybridized carbons (Fsp3) is 0.296. The number of nitrogens with one attached hydrogen (secondary N) is 1. The van der Waals surface area contributed by atoms with E-state index in [2.05, 4.69) is 10.2 Å². The third-order valence-electron chi connectivity index (χ3n) is 6.41. The Bertz CT molecular complexity index is 1270. The number of rotatable bonds is 6. The first-order valence-corrected chi connectivity index (χ1v) is 13.6. The molecule has 3 aromatic carbocycles. The normalized spacial score (nSPS) is 17.9. The number of carbonyl (C=O) groups is 1. The summed E-state index contributed by atoms with van der Waals surface area (Å²) in [6.07, 6.45) is 2.69. The van der Waals surface area contributed by atoms with Crippen LogP contribution in [-0.4, -0.2) is 40.1 Å². The van der Waals surface area contributed by atoms with Gasteiger partial charge in [-0.05, 0) is 61.2 Å². The van der Waals surface area contributed by atoms with Gasteiger partial charge in [-0.15, -0.1) is 0 Å². The number of fused-ring (bicyclic) bond motifs is 1. The van der Waals surface area contributed by atoms with E-state index >= 15 is 0 Å². The van der Waals surface area contributed by atoms with Crippen LogP contribution in [0.15, 0.2) is 78.9 Å². The first-order valence-electron chi connectivity index (χ1n) is 12.0. The third-order valence-corrected chi connectivity index (χ3v) is 8.13. The maximum absolute atomic E-state index is 13.4. The Morgan fingerprint density at radius 3 is 2.31 bits per heavy atom. The number of sulfonamides is 1. The summed E-state index contributed by atoms with van der Waals surface area (Å²) >= 11 is 0. The zero-order valence-corrected chi connectivity index (χ0v) is 20.3. The molecule has 3 aromatic rings. The van der Waals surface area contributed by atoms with Crippen LogP contribution in [0.1, 0.15) is 24.8 Å². The number of para-hydroxylation sites is 2. The van der Waals surface area contributed by atoms with Gasteiger partial charge in [0.2, 0.25) is 10.0 Å². The molecule has 0 aromatic heterocycles. The van der Waals surface area contributed by atoms with Crippen LogP contribution in [0, 0.1) is 0 Å². The summed E-state index contributed by atoms with van der Waals surface area (Å²) in [5.74, 6) is -0.171. The number of amides is 1. The summed E-state index contributed by atoms with van der Waals surface area (Å²) in [6.45, 7) is 2.01. The molecule has 1 amide bonds. The smallest absolute Gasteiger partial charge is 0.267 e. The van der Waals surface area contributed by atoms with Gasteiger partial charge in [0.05, 0.1) is 18.0 Å². The number of benzene rings is 3. The maximum atomic E-state index is 13.4. The molecule has 8 heteroatoms. The van der Waals surface area contributed by atoms with Crippen LogP contribution in [0.3, 0.4) is 0 Å². The Morgan fingerprint density at radius 2 is 1.57 bits per heavy atom. The van der Waals surface area contributed by atoms with Crippen molar-refractivity contribution in [1.82, 2.24) is 0 Å². The topological polar surface area (TPSA) is 79.0 Å². The summed E-state index contributed by atoms with van der Waals surface area (Å²) in [5, 5.41) is 2.89. The molecule has 0 radical (unpaired) electrons. The predicted molar refractivity (Wildman–Crippen MR) is 138 cm³/mol. The number of anilines is 3. The Morgan fingerprint density at radius 1 is 0.886 bits per heavy atom. The van der Waals surface area contributed by atoms with Crippen LogP contribution < -0.4 is 19.3 Å². The second-order valence-corrected chi connectivity index (χ2v) is 10.8. The van der Waals surface area contributed by atoms with Crippen molar-refractivity contribution in [2.75, 3.05) is 34.2 Å². The van der Waals surface area contributed by atoms with Crippen molar-refractivity contribution in [3.63, 3.8) is 0 Å². The number of nitrogens with zero attached hydrogens (tertiary/aromatic N) is 2. The van der Waals surface area contributed by atoms with Crippen molar-refractivity contribution in [3.05, 3.63) is 84.4 Å². The summed E-state index contributed by atoms with van der Waals surface area (Å²) < 4.78 is 34.0. The Balaban J connectivity index is 1.32. The van der Waals surface area contributed by atoms with E-state index in [1.165, 1.54) is 23.6 Å². The molecule has 5 rings (SSSR count). The molecular formula is C27H29N3O4S. The first-order chi connectivity index (χ1) is 17.0. The van der Waals surface area contributed by atoms with Crippen LogP contribution in [-0.2, 0) is 20.6 Å². The monoisotopic (exact) mass is 491 g/mol. The molecule has 7 nitrogen and oxygen atoms in total. The van der Waals surface area contributed by atoms with E-state index < -0.39 is 16.1 Å². The van der Waals surface area contributed by atoms with Crippen molar-refractivity contribution in [2.24, 2.45) is 0 Å². The lowest BCUT2D eigenvalue weighted by molar-refractivity contribution is -0.122. The lowest BCUT2D eigenvalue weighted by Gasteiger charge is -2.34. The van der Waals surface area contributed by atoms with Crippen molar-refractivity contribution in [2.45, 2.75) is 31.1 Å². The van der Waals surface area contributed by atoms with Gasteiger partial charge in [-0.25, -0.2) is 8.42 Å². The zero-order chi connectivity index (χ0) is 24.3. The number of piperidine rings is 1. The van der Waals surface area contributed by atoms with E-state index in [0.717, 1.165) is 18.8 Å². The molecule has 2 aliphatic rings. The second kappa shape index (κ2) is 10.00. The number of ether oxygens (including phenoxy) is 1. The van der Waals surface area contributed by atoms with Gasteiger partial charge in [0, 0.05) is 24.5 Å². The maximum Gasteiger partial charge on any atom is 0.267 e. The SMILES string of the molecule is O=C(Nc1ccc(N2CCCCC2)cc1)[C@@H]1CN(S(=O)(=O)Cc2ccccc2)c2ccccc2O1. The molecule has 0 aliphatic carbocycles. The van der Waals surface area contributed by atoms with E-state index in [0.29, 0.717) is 22.7 Å². The summed E-state index contributed by atoms with van der Waals surface area (Å²) in [5.41, 5.74) is 2.92. The van der Waals surface area contributed by atoms with Gasteiger partial charge in [-0.2, -0.15) is 0 Å². The lowest BCUT2D eigenvalue weighted by Crippen LogP contribution is -2.49. The quantitative estimate of drug-likeness (QED) is 0.553. The third kappa shape index (κ3) is 5.27. The fourth-order valence-corrected chi connectivity index (χ4v) is 6.18. The first kappa shape index (κ1) is 23.2. The molecule has 1 N–H and O–H groups in total. The van der Waals surface area contributed by atoms with Crippen LogP contribution >= 0.6 is 0 Å². The molecule has 1 saturated heterocycles. The lowest BCUT2D eigenvalue weighted by atomic mass is 10.1. The van der Waals surface area contributed by atoms with Gasteiger partial charge < -0.3 is 15.0 Å². The average molecular weight is 492 g/mol. The zero-order valence-electron chi connectivity index (χ0n) is 19.5. The second-order valence-electron chi connectivity index (χ2n) is 8.93. The molecule has 0 saturated carbocycles. The molecule has 0 bridgehead atoms. The molecule has 182 valence electrons. The van der Waals surface area contributed by atoms with Crippen molar-refractivity contribution < 1.29 is 17.9 Å². The molecule has 1 atom stereocenters. The molecule has 2 aliphatic heterocycles. The highest BCUT2D eigenvalue weighted by molar-refractivity contribution is 7.92. The van der Waals surface area contributed by atoms with Gasteiger partial charge in [-0.3, -0.25) is 9.10 Å². The minimum atomic E-state index is -3.74. The van der Waals surface area contributed by atoms with Crippen LogP contribution in [0.25, 0.3) is 0 Å². The highest BCUT2D eigenvalue weighted by atomic mass is 32.2. The molecular weight excluding hydrogens is 462 g/mol. The van der Waals surface area contributed by atoms with Crippen molar-refractivity contribution in [3.8, 4) is 5.75 Å². The number of hydrogen-bond acceptors (Lipinski definition) is 5. The van der Waals surface area contributed by atoms with Crippen molar-refractivity contribution in [1.29, 1.82) is 0 Å². The number of carbonyl (C=O) groups excluding carboxylic acids is 1. The van der Waals surface area contributed by atoms with E-state index in [4.69, 9.17) is 4.74 Å². The van der Waals surface area contributed by atoms with Crippen molar-refractivity contribution >= 4 is 33.0 Å². The Labute approximate surface area is 206 Å². The van der Waals surface area contributed by atoms with Crippen LogP contribution in [0.4, 0.5) is 17.1 Å². The summed E-state index contributed by atoms with van der Waals surface area (Å²) in [4.78, 5) is 15.5. The summed E-state index contributed by atoms with van der Waals surface area (Å²) in [6, 6.07) is 23.7. The minimum Gasteiger partial charge on any atom is -0.476 e.